The van der Waals surface area contributed by atoms with E-state index in [9.17, 15) is 0 Å². The molecule has 1 N–H and O–H groups in total. The summed E-state index contributed by atoms with van der Waals surface area (Å²) in [5, 5.41) is 4.74. The lowest BCUT2D eigenvalue weighted by molar-refractivity contribution is 0.535. The fourth-order valence-electron chi connectivity index (χ4n) is 1.82. The topological polar surface area (TPSA) is 28.2 Å². The van der Waals surface area contributed by atoms with E-state index >= 15 is 0 Å². The first-order valence-electron chi connectivity index (χ1n) is 7.12. The number of aryl methyl sites for hydroxylation is 1. The summed E-state index contributed by atoms with van der Waals surface area (Å²) in [4.78, 5) is 8.51. The van der Waals surface area contributed by atoms with Gasteiger partial charge >= 0.3 is 0 Å². The number of hydrogen-bond acceptors (Lipinski definition) is 4. The van der Waals surface area contributed by atoms with E-state index in [4.69, 9.17) is 4.98 Å². The third-order valence-corrected chi connectivity index (χ3v) is 4.52. The lowest BCUT2D eigenvalue weighted by atomic mass is 10.2. The van der Waals surface area contributed by atoms with Crippen molar-refractivity contribution >= 4 is 16.5 Å². The Morgan fingerprint density at radius 3 is 2.39 bits per heavy atom. The Morgan fingerprint density at radius 2 is 1.89 bits per heavy atom. The number of thiazole rings is 1. The predicted molar refractivity (Wildman–Crippen MR) is 81.6 cm³/mol. The summed E-state index contributed by atoms with van der Waals surface area (Å²) in [5.74, 6) is 0. The van der Waals surface area contributed by atoms with E-state index in [-0.39, 0.29) is 0 Å². The first-order chi connectivity index (χ1) is 8.65. The zero-order chi connectivity index (χ0) is 13.5. The molecule has 0 fully saturated rings. The molecule has 1 aromatic rings. The molecular weight excluding hydrogens is 242 g/mol. The largest absolute Gasteiger partial charge is 0.349 e. The van der Waals surface area contributed by atoms with Gasteiger partial charge in [0, 0.05) is 30.6 Å². The Morgan fingerprint density at radius 1 is 1.22 bits per heavy atom. The van der Waals surface area contributed by atoms with Crippen molar-refractivity contribution in [3.05, 3.63) is 10.6 Å². The van der Waals surface area contributed by atoms with E-state index < -0.39 is 0 Å². The van der Waals surface area contributed by atoms with Crippen molar-refractivity contribution in [3.63, 3.8) is 0 Å². The smallest absolute Gasteiger partial charge is 0.185 e. The molecule has 0 amide bonds. The quantitative estimate of drug-likeness (QED) is 0.783. The summed E-state index contributed by atoms with van der Waals surface area (Å²) in [6.45, 7) is 14.0. The van der Waals surface area contributed by atoms with E-state index in [0.717, 1.165) is 26.1 Å². The number of rotatable bonds is 8. The van der Waals surface area contributed by atoms with E-state index in [1.54, 1.807) is 0 Å². The van der Waals surface area contributed by atoms with Crippen LogP contribution in [0, 0.1) is 0 Å². The summed E-state index contributed by atoms with van der Waals surface area (Å²) >= 11 is 1.85. The first-order valence-corrected chi connectivity index (χ1v) is 7.94. The van der Waals surface area contributed by atoms with Crippen LogP contribution in [0.2, 0.25) is 0 Å². The van der Waals surface area contributed by atoms with Gasteiger partial charge in [-0.1, -0.05) is 13.8 Å². The second-order valence-corrected chi connectivity index (χ2v) is 5.64. The second kappa shape index (κ2) is 7.74. The molecule has 18 heavy (non-hydrogen) atoms. The maximum Gasteiger partial charge on any atom is 0.185 e. The Hall–Kier alpha value is -0.610. The van der Waals surface area contributed by atoms with Gasteiger partial charge in [0.25, 0.3) is 0 Å². The maximum absolute atomic E-state index is 4.78. The highest BCUT2D eigenvalue weighted by Gasteiger charge is 2.13. The first kappa shape index (κ1) is 15.4. The Kier molecular flexibility index (Phi) is 6.65. The van der Waals surface area contributed by atoms with Gasteiger partial charge in [0.15, 0.2) is 5.13 Å². The number of aromatic nitrogens is 1. The molecule has 1 heterocycles. The molecule has 4 heteroatoms. The van der Waals surface area contributed by atoms with Gasteiger partial charge in [-0.2, -0.15) is 0 Å². The zero-order valence-electron chi connectivity index (χ0n) is 12.4. The lowest BCUT2D eigenvalue weighted by Gasteiger charge is -2.16. The van der Waals surface area contributed by atoms with Gasteiger partial charge in [0.2, 0.25) is 0 Å². The van der Waals surface area contributed by atoms with Crippen LogP contribution in [0.1, 0.15) is 51.6 Å². The number of hydrogen-bond donors (Lipinski definition) is 1. The van der Waals surface area contributed by atoms with Gasteiger partial charge in [0.1, 0.15) is 0 Å². The van der Waals surface area contributed by atoms with Crippen LogP contribution in [0.5, 0.6) is 0 Å². The Bertz CT molecular complexity index is 345. The molecule has 0 bridgehead atoms. The molecule has 1 atom stereocenters. The van der Waals surface area contributed by atoms with Gasteiger partial charge in [-0.05, 0) is 33.6 Å². The number of nitrogens with one attached hydrogen (secondary N) is 1. The van der Waals surface area contributed by atoms with Crippen LogP contribution in [0.25, 0.3) is 0 Å². The molecule has 1 aromatic heterocycles. The molecule has 0 spiro atoms. The number of nitrogens with zero attached hydrogens (tertiary/aromatic N) is 2. The number of anilines is 1. The minimum absolute atomic E-state index is 0.578. The van der Waals surface area contributed by atoms with Gasteiger partial charge in [-0.15, -0.1) is 11.3 Å². The minimum Gasteiger partial charge on any atom is -0.349 e. The Labute approximate surface area is 116 Å². The zero-order valence-corrected chi connectivity index (χ0v) is 13.2. The molecular formula is C14H27N3S. The van der Waals surface area contributed by atoms with Crippen LogP contribution in [-0.4, -0.2) is 24.1 Å². The monoisotopic (exact) mass is 269 g/mol. The summed E-state index contributed by atoms with van der Waals surface area (Å²) < 4.78 is 0. The summed E-state index contributed by atoms with van der Waals surface area (Å²) in [5.41, 5.74) is 1.26. The lowest BCUT2D eigenvalue weighted by Crippen LogP contribution is -2.24. The van der Waals surface area contributed by atoms with Crippen LogP contribution >= 0.6 is 11.3 Å². The fraction of sp³-hybridized carbons (Fsp3) is 0.786. The molecule has 1 unspecified atom stereocenters. The van der Waals surface area contributed by atoms with Crippen molar-refractivity contribution in [3.8, 4) is 0 Å². The molecule has 0 aliphatic carbocycles. The van der Waals surface area contributed by atoms with Gasteiger partial charge in [0.05, 0.1) is 5.69 Å². The van der Waals surface area contributed by atoms with E-state index in [0.29, 0.717) is 6.04 Å². The highest BCUT2D eigenvalue weighted by Crippen LogP contribution is 2.26. The van der Waals surface area contributed by atoms with E-state index in [1.807, 2.05) is 11.3 Å². The van der Waals surface area contributed by atoms with Gasteiger partial charge in [-0.25, -0.2) is 4.98 Å². The van der Waals surface area contributed by atoms with Crippen molar-refractivity contribution in [1.82, 2.24) is 10.3 Å². The summed E-state index contributed by atoms with van der Waals surface area (Å²) in [6, 6.07) is 0.578. The van der Waals surface area contributed by atoms with Crippen molar-refractivity contribution in [2.75, 3.05) is 18.0 Å². The Balaban J connectivity index is 2.77. The van der Waals surface area contributed by atoms with Crippen LogP contribution < -0.4 is 10.2 Å². The third kappa shape index (κ3) is 3.95. The highest BCUT2D eigenvalue weighted by atomic mass is 32.1. The summed E-state index contributed by atoms with van der Waals surface area (Å²) in [7, 11) is 0. The molecule has 1 rings (SSSR count). The van der Waals surface area contributed by atoms with Crippen molar-refractivity contribution in [2.24, 2.45) is 0 Å². The summed E-state index contributed by atoms with van der Waals surface area (Å²) in [6.07, 6.45) is 2.19. The predicted octanol–water partition coefficient (Wildman–Crippen LogP) is 3.44. The highest BCUT2D eigenvalue weighted by molar-refractivity contribution is 7.15. The van der Waals surface area contributed by atoms with Crippen LogP contribution in [0.3, 0.4) is 0 Å². The van der Waals surface area contributed by atoms with Crippen LogP contribution in [-0.2, 0) is 13.0 Å². The van der Waals surface area contributed by atoms with Gasteiger partial charge in [-0.3, -0.25) is 0 Å². The molecule has 0 saturated carbocycles. The SMILES string of the molecule is CCc1nc(N(CC)CC)sc1CNC(C)CC. The molecule has 0 radical (unpaired) electrons. The average Bonchev–Trinajstić information content (AvgIpc) is 2.80. The molecule has 0 saturated heterocycles. The third-order valence-electron chi connectivity index (χ3n) is 3.36. The fourth-order valence-corrected chi connectivity index (χ4v) is 3.05. The average molecular weight is 269 g/mol. The van der Waals surface area contributed by atoms with Gasteiger partial charge < -0.3 is 10.2 Å². The van der Waals surface area contributed by atoms with E-state index in [2.05, 4.69) is 44.8 Å². The van der Waals surface area contributed by atoms with E-state index in [1.165, 1.54) is 22.1 Å². The second-order valence-electron chi connectivity index (χ2n) is 4.58. The standard InChI is InChI=1S/C14H27N3S/c1-6-11(5)15-10-13-12(7-2)16-14(18-13)17(8-3)9-4/h11,15H,6-10H2,1-5H3. The normalized spacial score (nSPS) is 12.7. The van der Waals surface area contributed by atoms with Crippen LogP contribution in [0.4, 0.5) is 5.13 Å². The van der Waals surface area contributed by atoms with Crippen molar-refractivity contribution in [2.45, 2.75) is 60.0 Å². The molecule has 3 nitrogen and oxygen atoms in total. The maximum atomic E-state index is 4.78. The molecule has 104 valence electrons. The minimum atomic E-state index is 0.578. The van der Waals surface area contributed by atoms with Crippen LogP contribution in [0.15, 0.2) is 0 Å². The van der Waals surface area contributed by atoms with Crippen molar-refractivity contribution in [1.29, 1.82) is 0 Å². The van der Waals surface area contributed by atoms with Crippen molar-refractivity contribution < 1.29 is 0 Å². The molecule has 0 aliphatic heterocycles. The molecule has 0 aliphatic rings. The molecule has 0 aromatic carbocycles.